The fourth-order valence-corrected chi connectivity index (χ4v) is 4.94. The Labute approximate surface area is 238 Å². The molecule has 1 aliphatic rings. The number of carbonyl (C=O) groups excluding carboxylic acids is 1. The minimum Gasteiger partial charge on any atom is -0.478 e. The van der Waals surface area contributed by atoms with Crippen LogP contribution in [-0.2, 0) is 20.9 Å². The first kappa shape index (κ1) is 28.6. The minimum atomic E-state index is -2.09. The Bertz CT molecular complexity index is 1270. The number of carboxylic acid groups (broad SMARTS) is 1. The van der Waals surface area contributed by atoms with Gasteiger partial charge in [-0.15, -0.1) is 11.8 Å². The number of thioether (sulfide) groups is 1. The van der Waals surface area contributed by atoms with Gasteiger partial charge < -0.3 is 25.0 Å². The van der Waals surface area contributed by atoms with E-state index in [1.165, 1.54) is 17.8 Å². The third-order valence-electron chi connectivity index (χ3n) is 5.72. The monoisotopic (exact) mass is 596 g/mol. The number of benzene rings is 2. The van der Waals surface area contributed by atoms with Crippen molar-refractivity contribution in [3.05, 3.63) is 89.1 Å². The Morgan fingerprint density at radius 3 is 2.34 bits per heavy atom. The van der Waals surface area contributed by atoms with Crippen LogP contribution in [0.5, 0.6) is 0 Å². The molecule has 3 N–H and O–H groups in total. The molecule has 1 aliphatic heterocycles. The Hall–Kier alpha value is -2.37. The van der Waals surface area contributed by atoms with Gasteiger partial charge in [0.15, 0.2) is 6.29 Å². The standard InChI is InChI=1S/C26H23Cl3N2O6S/c27-26(28,29)25(35)31-18-9-7-17(8-10-18)24-36-19(14-38-22-20(23(33)34)2-1-11-30-22)12-21(37-24)16-5-3-15(13-32)4-6-16/h1-11,19,21,24,32H,12-14H2,(H,31,35)(H,33,34). The molecule has 0 aliphatic carbocycles. The number of ether oxygens (including phenoxy) is 2. The number of nitrogens with zero attached hydrogens (tertiary/aromatic N) is 1. The van der Waals surface area contributed by atoms with Crippen LogP contribution < -0.4 is 5.32 Å². The van der Waals surface area contributed by atoms with Crippen molar-refractivity contribution < 1.29 is 29.3 Å². The molecule has 0 radical (unpaired) electrons. The van der Waals surface area contributed by atoms with Crippen LogP contribution in [0.3, 0.4) is 0 Å². The van der Waals surface area contributed by atoms with Crippen molar-refractivity contribution in [1.29, 1.82) is 0 Å². The highest BCUT2D eigenvalue weighted by atomic mass is 35.6. The number of aromatic carboxylic acids is 1. The molecule has 3 unspecified atom stereocenters. The average Bonchev–Trinajstić information content (AvgIpc) is 2.91. The fourth-order valence-electron chi connectivity index (χ4n) is 3.79. The maximum atomic E-state index is 11.9. The number of aliphatic hydroxyl groups is 1. The highest BCUT2D eigenvalue weighted by Gasteiger charge is 2.33. The second-order valence-electron chi connectivity index (χ2n) is 8.40. The quantitative estimate of drug-likeness (QED) is 0.216. The number of aromatic nitrogens is 1. The Morgan fingerprint density at radius 2 is 1.71 bits per heavy atom. The van der Waals surface area contributed by atoms with Crippen molar-refractivity contribution >= 4 is 64.1 Å². The highest BCUT2D eigenvalue weighted by molar-refractivity contribution is 7.99. The topological polar surface area (TPSA) is 118 Å². The summed E-state index contributed by atoms with van der Waals surface area (Å²) in [6, 6.07) is 17.3. The normalized spacial score (nSPS) is 19.6. The third-order valence-corrected chi connectivity index (χ3v) is 7.37. The van der Waals surface area contributed by atoms with E-state index in [4.69, 9.17) is 44.3 Å². The van der Waals surface area contributed by atoms with Crippen LogP contribution in [0, 0.1) is 0 Å². The maximum Gasteiger partial charge on any atom is 0.338 e. The van der Waals surface area contributed by atoms with Gasteiger partial charge in [-0.25, -0.2) is 9.78 Å². The number of rotatable bonds is 8. The molecule has 1 amide bonds. The minimum absolute atomic E-state index is 0.0616. The number of carboxylic acids is 1. The summed E-state index contributed by atoms with van der Waals surface area (Å²) < 4.78 is 10.5. The molecule has 0 bridgehead atoms. The molecule has 38 heavy (non-hydrogen) atoms. The van der Waals surface area contributed by atoms with E-state index in [2.05, 4.69) is 10.3 Å². The lowest BCUT2D eigenvalue weighted by Crippen LogP contribution is -2.31. The van der Waals surface area contributed by atoms with Gasteiger partial charge in [0.1, 0.15) is 5.03 Å². The van der Waals surface area contributed by atoms with Crippen LogP contribution >= 0.6 is 46.6 Å². The number of hydrogen-bond acceptors (Lipinski definition) is 7. The van der Waals surface area contributed by atoms with E-state index >= 15 is 0 Å². The number of anilines is 1. The van der Waals surface area contributed by atoms with Crippen molar-refractivity contribution in [3.63, 3.8) is 0 Å². The molecule has 3 aromatic rings. The first-order valence-electron chi connectivity index (χ1n) is 11.4. The predicted octanol–water partition coefficient (Wildman–Crippen LogP) is 5.92. The molecule has 0 spiro atoms. The lowest BCUT2D eigenvalue weighted by Gasteiger charge is -2.36. The predicted molar refractivity (Wildman–Crippen MR) is 146 cm³/mol. The van der Waals surface area contributed by atoms with Crippen LogP contribution in [0.4, 0.5) is 5.69 Å². The number of hydrogen-bond donors (Lipinski definition) is 3. The van der Waals surface area contributed by atoms with Gasteiger partial charge in [0.25, 0.3) is 9.70 Å². The number of amides is 1. The Balaban J connectivity index is 1.53. The largest absolute Gasteiger partial charge is 0.478 e. The summed E-state index contributed by atoms with van der Waals surface area (Å²) in [6.45, 7) is -0.0616. The summed E-state index contributed by atoms with van der Waals surface area (Å²) in [6.07, 6.45) is 0.718. The zero-order valence-corrected chi connectivity index (χ0v) is 22.8. The van der Waals surface area contributed by atoms with Crippen molar-refractivity contribution in [2.75, 3.05) is 11.1 Å². The van der Waals surface area contributed by atoms with Crippen LogP contribution in [0.15, 0.2) is 71.9 Å². The zero-order valence-electron chi connectivity index (χ0n) is 19.7. The van der Waals surface area contributed by atoms with Gasteiger partial charge in [0.05, 0.1) is 24.4 Å². The number of halogens is 3. The van der Waals surface area contributed by atoms with Gasteiger partial charge >= 0.3 is 5.97 Å². The molecular weight excluding hydrogens is 575 g/mol. The van der Waals surface area contributed by atoms with E-state index < -0.39 is 22.0 Å². The first-order chi connectivity index (χ1) is 18.1. The number of carbonyl (C=O) groups is 2. The van der Waals surface area contributed by atoms with E-state index in [1.54, 1.807) is 36.5 Å². The number of pyridine rings is 1. The van der Waals surface area contributed by atoms with Crippen molar-refractivity contribution in [2.45, 2.75) is 40.3 Å². The van der Waals surface area contributed by atoms with Crippen LogP contribution in [-0.4, -0.2) is 42.7 Å². The molecule has 1 aromatic heterocycles. The molecule has 200 valence electrons. The smallest absolute Gasteiger partial charge is 0.338 e. The van der Waals surface area contributed by atoms with E-state index in [-0.39, 0.29) is 24.4 Å². The Morgan fingerprint density at radius 1 is 1.03 bits per heavy atom. The van der Waals surface area contributed by atoms with Gasteiger partial charge in [0, 0.05) is 29.6 Å². The zero-order chi connectivity index (χ0) is 27.3. The Kier molecular flexibility index (Phi) is 9.54. The van der Waals surface area contributed by atoms with E-state index in [1.807, 2.05) is 24.3 Å². The lowest BCUT2D eigenvalue weighted by molar-refractivity contribution is -0.245. The number of alkyl halides is 3. The number of aliphatic hydroxyl groups excluding tert-OH is 1. The fraction of sp³-hybridized carbons (Fsp3) is 0.269. The summed E-state index contributed by atoms with van der Waals surface area (Å²) in [5, 5.41) is 21.8. The van der Waals surface area contributed by atoms with Gasteiger partial charge in [0.2, 0.25) is 0 Å². The first-order valence-corrected chi connectivity index (χ1v) is 13.6. The second kappa shape index (κ2) is 12.7. The van der Waals surface area contributed by atoms with Gasteiger partial charge in [-0.1, -0.05) is 71.2 Å². The summed E-state index contributed by atoms with van der Waals surface area (Å²) in [5.41, 5.74) is 2.97. The highest BCUT2D eigenvalue weighted by Crippen LogP contribution is 2.40. The van der Waals surface area contributed by atoms with Crippen molar-refractivity contribution in [3.8, 4) is 0 Å². The van der Waals surface area contributed by atoms with Crippen LogP contribution in [0.2, 0.25) is 0 Å². The summed E-state index contributed by atoms with van der Waals surface area (Å²) in [4.78, 5) is 27.7. The molecule has 3 atom stereocenters. The maximum absolute atomic E-state index is 11.9. The molecule has 12 heteroatoms. The van der Waals surface area contributed by atoms with Crippen molar-refractivity contribution in [1.82, 2.24) is 4.98 Å². The molecular formula is C26H23Cl3N2O6S. The molecule has 0 saturated carbocycles. The molecule has 2 aromatic carbocycles. The third kappa shape index (κ3) is 7.39. The van der Waals surface area contributed by atoms with Gasteiger partial charge in [-0.3, -0.25) is 4.79 Å². The summed E-state index contributed by atoms with van der Waals surface area (Å²) >= 11 is 18.2. The molecule has 8 nitrogen and oxygen atoms in total. The van der Waals surface area contributed by atoms with Crippen LogP contribution in [0.25, 0.3) is 0 Å². The number of nitrogens with one attached hydrogen (secondary N) is 1. The van der Waals surface area contributed by atoms with Gasteiger partial charge in [-0.05, 0) is 35.4 Å². The van der Waals surface area contributed by atoms with E-state index in [0.29, 0.717) is 28.5 Å². The average molecular weight is 598 g/mol. The SMILES string of the molecule is O=C(O)c1cccnc1SCC1CC(c2ccc(CO)cc2)OC(c2ccc(NC(=O)C(Cl)(Cl)Cl)cc2)O1. The lowest BCUT2D eigenvalue weighted by atomic mass is 10.0. The van der Waals surface area contributed by atoms with Gasteiger partial charge in [-0.2, -0.15) is 0 Å². The van der Waals surface area contributed by atoms with Crippen molar-refractivity contribution in [2.24, 2.45) is 0 Å². The molecule has 1 saturated heterocycles. The van der Waals surface area contributed by atoms with Crippen LogP contribution in [0.1, 0.15) is 45.9 Å². The molecule has 1 fully saturated rings. The second-order valence-corrected chi connectivity index (χ2v) is 11.7. The molecule has 2 heterocycles. The van der Waals surface area contributed by atoms with E-state index in [9.17, 15) is 19.8 Å². The summed E-state index contributed by atoms with van der Waals surface area (Å²) in [5.74, 6) is -1.38. The van der Waals surface area contributed by atoms with E-state index in [0.717, 1.165) is 11.1 Å². The molecule has 4 rings (SSSR count). The summed E-state index contributed by atoms with van der Waals surface area (Å²) in [7, 11) is 0.